The molecule has 1 aliphatic rings. The molecule has 2 aromatic heterocycles. The summed E-state index contributed by atoms with van der Waals surface area (Å²) in [6.45, 7) is 2.66. The Bertz CT molecular complexity index is 729. The third-order valence-electron chi connectivity index (χ3n) is 3.93. The van der Waals surface area contributed by atoms with Gasteiger partial charge < -0.3 is 10.0 Å². The minimum atomic E-state index is -0.835. The first-order valence-electron chi connectivity index (χ1n) is 7.47. The van der Waals surface area contributed by atoms with Gasteiger partial charge in [-0.2, -0.15) is 0 Å². The number of amides is 1. The highest BCUT2D eigenvalue weighted by Gasteiger charge is 2.30. The molecule has 2 aromatic rings. The molecule has 0 unspecified atom stereocenters. The average molecular weight is 331 g/mol. The smallest absolute Gasteiger partial charge is 0.308 e. The van der Waals surface area contributed by atoms with Gasteiger partial charge in [-0.25, -0.2) is 4.98 Å². The van der Waals surface area contributed by atoms with E-state index in [2.05, 4.69) is 9.97 Å². The van der Waals surface area contributed by atoms with Crippen molar-refractivity contribution in [3.05, 3.63) is 35.0 Å². The lowest BCUT2D eigenvalue weighted by Crippen LogP contribution is -2.42. The van der Waals surface area contributed by atoms with E-state index in [0.29, 0.717) is 35.0 Å². The highest BCUT2D eigenvalue weighted by atomic mass is 32.1. The second-order valence-corrected chi connectivity index (χ2v) is 6.58. The molecular weight excluding hydrogens is 314 g/mol. The van der Waals surface area contributed by atoms with Gasteiger partial charge in [-0.3, -0.25) is 14.6 Å². The molecule has 1 saturated heterocycles. The fourth-order valence-electron chi connectivity index (χ4n) is 2.70. The monoisotopic (exact) mass is 331 g/mol. The second kappa shape index (κ2) is 6.45. The van der Waals surface area contributed by atoms with Crippen molar-refractivity contribution in [1.29, 1.82) is 0 Å². The van der Waals surface area contributed by atoms with Crippen LogP contribution in [0.25, 0.3) is 10.7 Å². The van der Waals surface area contributed by atoms with Gasteiger partial charge in [0, 0.05) is 19.3 Å². The van der Waals surface area contributed by atoms with Gasteiger partial charge in [0.15, 0.2) is 0 Å². The Labute approximate surface area is 137 Å². The first-order chi connectivity index (χ1) is 11.1. The predicted molar refractivity (Wildman–Crippen MR) is 86.3 cm³/mol. The third-order valence-corrected chi connectivity index (χ3v) is 5.10. The van der Waals surface area contributed by atoms with Crippen LogP contribution in [-0.4, -0.2) is 44.9 Å². The Morgan fingerprint density at radius 3 is 2.91 bits per heavy atom. The summed E-state index contributed by atoms with van der Waals surface area (Å²) in [4.78, 5) is 34.8. The van der Waals surface area contributed by atoms with E-state index < -0.39 is 11.9 Å². The van der Waals surface area contributed by atoms with Crippen molar-refractivity contribution in [2.24, 2.45) is 5.92 Å². The largest absolute Gasteiger partial charge is 0.481 e. The van der Waals surface area contributed by atoms with Crippen LogP contribution in [-0.2, 0) is 4.79 Å². The molecule has 1 N–H and O–H groups in total. The summed E-state index contributed by atoms with van der Waals surface area (Å²) >= 11 is 1.31. The minimum Gasteiger partial charge on any atom is -0.481 e. The zero-order valence-electron chi connectivity index (χ0n) is 12.7. The van der Waals surface area contributed by atoms with Crippen molar-refractivity contribution in [2.75, 3.05) is 13.1 Å². The lowest BCUT2D eigenvalue weighted by atomic mass is 9.98. The number of carbonyl (C=O) groups excluding carboxylic acids is 1. The maximum atomic E-state index is 12.7. The van der Waals surface area contributed by atoms with Crippen molar-refractivity contribution in [1.82, 2.24) is 14.9 Å². The molecule has 7 heteroatoms. The van der Waals surface area contributed by atoms with Gasteiger partial charge in [-0.05, 0) is 31.9 Å². The topological polar surface area (TPSA) is 83.4 Å². The normalized spacial score (nSPS) is 18.0. The van der Waals surface area contributed by atoms with Crippen LogP contribution in [0, 0.1) is 12.8 Å². The summed E-state index contributed by atoms with van der Waals surface area (Å²) in [6.07, 6.45) is 3.03. The van der Waals surface area contributed by atoms with E-state index in [0.717, 1.165) is 5.69 Å². The van der Waals surface area contributed by atoms with Gasteiger partial charge in [-0.1, -0.05) is 6.07 Å². The molecule has 1 fully saturated rings. The number of pyridine rings is 1. The standard InChI is InChI=1S/C16H17N3O3S/c1-10-13(23-14(18-10)12-6-2-3-7-17-12)15(20)19-8-4-5-11(9-19)16(21)22/h2-3,6-7,11H,4-5,8-9H2,1H3,(H,21,22)/t11-/m0/s1. The first-order valence-corrected chi connectivity index (χ1v) is 8.29. The van der Waals surface area contributed by atoms with Crippen molar-refractivity contribution in [2.45, 2.75) is 19.8 Å². The Balaban J connectivity index is 1.83. The van der Waals surface area contributed by atoms with E-state index >= 15 is 0 Å². The highest BCUT2D eigenvalue weighted by molar-refractivity contribution is 7.17. The van der Waals surface area contributed by atoms with Gasteiger partial charge in [0.1, 0.15) is 9.88 Å². The number of hydrogen-bond acceptors (Lipinski definition) is 5. The fraction of sp³-hybridized carbons (Fsp3) is 0.375. The van der Waals surface area contributed by atoms with Gasteiger partial charge >= 0.3 is 5.97 Å². The molecule has 120 valence electrons. The number of likely N-dealkylation sites (tertiary alicyclic amines) is 1. The Morgan fingerprint density at radius 1 is 1.39 bits per heavy atom. The summed E-state index contributed by atoms with van der Waals surface area (Å²) in [5, 5.41) is 9.87. The van der Waals surface area contributed by atoms with E-state index in [-0.39, 0.29) is 12.5 Å². The molecule has 0 radical (unpaired) electrons. The minimum absolute atomic E-state index is 0.131. The van der Waals surface area contributed by atoms with Crippen LogP contribution >= 0.6 is 11.3 Å². The summed E-state index contributed by atoms with van der Waals surface area (Å²) in [5.41, 5.74) is 1.40. The number of rotatable bonds is 3. The van der Waals surface area contributed by atoms with Crippen LogP contribution in [0.4, 0.5) is 0 Å². The van der Waals surface area contributed by atoms with Crippen LogP contribution in [0.5, 0.6) is 0 Å². The second-order valence-electron chi connectivity index (χ2n) is 5.58. The lowest BCUT2D eigenvalue weighted by Gasteiger charge is -2.30. The summed E-state index contributed by atoms with van der Waals surface area (Å²) in [5.74, 6) is -1.44. The molecule has 0 aromatic carbocycles. The summed E-state index contributed by atoms with van der Waals surface area (Å²) in [7, 11) is 0. The van der Waals surface area contributed by atoms with Crippen molar-refractivity contribution in [3.63, 3.8) is 0 Å². The number of hydrogen-bond donors (Lipinski definition) is 1. The fourth-order valence-corrected chi connectivity index (χ4v) is 3.71. The highest BCUT2D eigenvalue weighted by Crippen LogP contribution is 2.28. The quantitative estimate of drug-likeness (QED) is 0.934. The molecule has 0 bridgehead atoms. The number of aromatic nitrogens is 2. The summed E-state index contributed by atoms with van der Waals surface area (Å²) < 4.78 is 0. The molecule has 0 spiro atoms. The maximum Gasteiger partial charge on any atom is 0.308 e. The number of piperidine rings is 1. The van der Waals surface area contributed by atoms with Crippen molar-refractivity contribution >= 4 is 23.2 Å². The van der Waals surface area contributed by atoms with Crippen LogP contribution < -0.4 is 0 Å². The zero-order chi connectivity index (χ0) is 16.4. The number of nitrogens with zero attached hydrogens (tertiary/aromatic N) is 3. The van der Waals surface area contributed by atoms with E-state index in [4.69, 9.17) is 5.11 Å². The van der Waals surface area contributed by atoms with Gasteiger partial charge in [0.25, 0.3) is 5.91 Å². The molecule has 6 nitrogen and oxygen atoms in total. The van der Waals surface area contributed by atoms with Crippen LogP contribution in [0.3, 0.4) is 0 Å². The number of carboxylic acids is 1. The van der Waals surface area contributed by atoms with Crippen molar-refractivity contribution < 1.29 is 14.7 Å². The number of carbonyl (C=O) groups is 2. The zero-order valence-corrected chi connectivity index (χ0v) is 13.5. The Hall–Kier alpha value is -2.28. The van der Waals surface area contributed by atoms with Gasteiger partial charge in [-0.15, -0.1) is 11.3 Å². The van der Waals surface area contributed by atoms with Crippen LogP contribution in [0.2, 0.25) is 0 Å². The SMILES string of the molecule is Cc1nc(-c2ccccn2)sc1C(=O)N1CCC[C@H](C(=O)O)C1. The van der Waals surface area contributed by atoms with E-state index in [9.17, 15) is 9.59 Å². The molecule has 1 amide bonds. The molecule has 1 atom stereocenters. The van der Waals surface area contributed by atoms with Crippen LogP contribution in [0.1, 0.15) is 28.2 Å². The Kier molecular flexibility index (Phi) is 4.38. The third kappa shape index (κ3) is 3.24. The number of aliphatic carboxylic acids is 1. The van der Waals surface area contributed by atoms with Gasteiger partial charge in [0.05, 0.1) is 17.3 Å². The van der Waals surface area contributed by atoms with E-state index in [1.54, 1.807) is 18.0 Å². The number of carboxylic acid groups (broad SMARTS) is 1. The number of aryl methyl sites for hydroxylation is 1. The molecule has 1 aliphatic heterocycles. The van der Waals surface area contributed by atoms with E-state index in [1.165, 1.54) is 11.3 Å². The average Bonchev–Trinajstić information content (AvgIpc) is 2.97. The molecule has 3 rings (SSSR count). The predicted octanol–water partition coefficient (Wildman–Crippen LogP) is 2.45. The molecule has 0 saturated carbocycles. The van der Waals surface area contributed by atoms with E-state index in [1.807, 2.05) is 18.2 Å². The maximum absolute atomic E-state index is 12.7. The first kappa shape index (κ1) is 15.6. The number of thiazole rings is 1. The Morgan fingerprint density at radius 2 is 2.22 bits per heavy atom. The molecular formula is C16H17N3O3S. The molecule has 3 heterocycles. The molecule has 23 heavy (non-hydrogen) atoms. The van der Waals surface area contributed by atoms with Gasteiger partial charge in [0.2, 0.25) is 0 Å². The molecule has 0 aliphatic carbocycles. The van der Waals surface area contributed by atoms with Crippen LogP contribution in [0.15, 0.2) is 24.4 Å². The summed E-state index contributed by atoms with van der Waals surface area (Å²) in [6, 6.07) is 5.56. The van der Waals surface area contributed by atoms with Crippen molar-refractivity contribution in [3.8, 4) is 10.7 Å². The lowest BCUT2D eigenvalue weighted by molar-refractivity contribution is -0.143.